The predicted molar refractivity (Wildman–Crippen MR) is 52.2 cm³/mol. The molecule has 1 aromatic rings. The van der Waals surface area contributed by atoms with Crippen molar-refractivity contribution in [3.8, 4) is 0 Å². The largest absolute Gasteiger partial charge is 0.465 e. The molecule has 1 fully saturated rings. The van der Waals surface area contributed by atoms with E-state index in [0.717, 1.165) is 0 Å². The molecule has 1 aliphatic rings. The summed E-state index contributed by atoms with van der Waals surface area (Å²) in [5.74, 6) is -0.817. The van der Waals surface area contributed by atoms with E-state index >= 15 is 0 Å². The van der Waals surface area contributed by atoms with Crippen LogP contribution in [0.25, 0.3) is 0 Å². The van der Waals surface area contributed by atoms with Gasteiger partial charge in [0.15, 0.2) is 0 Å². The molecule has 1 saturated heterocycles. The first-order valence-electron chi connectivity index (χ1n) is 4.51. The van der Waals surface area contributed by atoms with Crippen LogP contribution < -0.4 is 0 Å². The monoisotopic (exact) mass is 228 g/mol. The lowest BCUT2D eigenvalue weighted by Crippen LogP contribution is -2.20. The fourth-order valence-electron chi connectivity index (χ4n) is 1.40. The van der Waals surface area contributed by atoms with Crippen LogP contribution in [-0.4, -0.2) is 22.0 Å². The maximum atomic E-state index is 12.6. The van der Waals surface area contributed by atoms with Crippen molar-refractivity contribution in [1.29, 1.82) is 0 Å². The molecule has 15 heavy (non-hydrogen) atoms. The van der Waals surface area contributed by atoms with Crippen LogP contribution in [0.5, 0.6) is 0 Å². The summed E-state index contributed by atoms with van der Waals surface area (Å²) in [4.78, 5) is 11.6. The average Bonchev–Trinajstić information content (AvgIpc) is 2.65. The van der Waals surface area contributed by atoms with E-state index in [2.05, 4.69) is 0 Å². The van der Waals surface area contributed by atoms with Gasteiger partial charge in [-0.3, -0.25) is 9.00 Å². The van der Waals surface area contributed by atoms with Gasteiger partial charge in [0.25, 0.3) is 0 Å². The molecule has 1 aromatic carbocycles. The van der Waals surface area contributed by atoms with Gasteiger partial charge in [0.05, 0.1) is 17.4 Å². The summed E-state index contributed by atoms with van der Waals surface area (Å²) in [7, 11) is -1.44. The molecular weight excluding hydrogens is 219 g/mol. The molecule has 0 aliphatic carbocycles. The number of hydrogen-bond donors (Lipinski definition) is 0. The molecule has 80 valence electrons. The molecule has 0 bridgehead atoms. The minimum atomic E-state index is -1.44. The van der Waals surface area contributed by atoms with Crippen LogP contribution in [0.3, 0.4) is 0 Å². The smallest absolute Gasteiger partial charge is 0.322 e. The second kappa shape index (κ2) is 4.10. The van der Waals surface area contributed by atoms with Gasteiger partial charge in [0.1, 0.15) is 11.1 Å². The average molecular weight is 228 g/mol. The Labute approximate surface area is 88.7 Å². The van der Waals surface area contributed by atoms with Crippen LogP contribution in [0.15, 0.2) is 29.2 Å². The third-order valence-electron chi connectivity index (χ3n) is 2.19. The van der Waals surface area contributed by atoms with Crippen molar-refractivity contribution in [3.05, 3.63) is 30.1 Å². The summed E-state index contributed by atoms with van der Waals surface area (Å²) in [5, 5.41) is -0.601. The van der Waals surface area contributed by atoms with Crippen molar-refractivity contribution < 1.29 is 18.1 Å². The number of rotatable bonds is 2. The van der Waals surface area contributed by atoms with Gasteiger partial charge in [0, 0.05) is 11.3 Å². The van der Waals surface area contributed by atoms with E-state index < -0.39 is 22.0 Å². The summed E-state index contributed by atoms with van der Waals surface area (Å²) in [5.41, 5.74) is 0. The van der Waals surface area contributed by atoms with Crippen LogP contribution >= 0.6 is 0 Å². The molecule has 0 aromatic heterocycles. The molecule has 0 amide bonds. The highest BCUT2D eigenvalue weighted by molar-refractivity contribution is 7.86. The number of halogens is 1. The van der Waals surface area contributed by atoms with Crippen molar-refractivity contribution in [3.63, 3.8) is 0 Å². The maximum absolute atomic E-state index is 12.6. The van der Waals surface area contributed by atoms with Crippen molar-refractivity contribution >= 4 is 16.8 Å². The lowest BCUT2D eigenvalue weighted by atomic mass is 10.3. The van der Waals surface area contributed by atoms with E-state index in [1.807, 2.05) is 0 Å². The van der Waals surface area contributed by atoms with Crippen molar-refractivity contribution in [2.45, 2.75) is 16.6 Å². The summed E-state index contributed by atoms with van der Waals surface area (Å²) < 4.78 is 29.2. The fourth-order valence-corrected chi connectivity index (χ4v) is 2.69. The SMILES string of the molecule is O=C1OCCC1S(=O)c1ccc(F)cc1. The highest BCUT2D eigenvalue weighted by Gasteiger charge is 2.32. The number of hydrogen-bond acceptors (Lipinski definition) is 3. The molecule has 2 atom stereocenters. The third kappa shape index (κ3) is 2.07. The Hall–Kier alpha value is -1.23. The molecule has 0 saturated carbocycles. The van der Waals surface area contributed by atoms with Gasteiger partial charge < -0.3 is 4.74 Å². The molecule has 0 radical (unpaired) electrons. The van der Waals surface area contributed by atoms with Gasteiger partial charge in [-0.2, -0.15) is 0 Å². The molecular formula is C10H9FO3S. The van der Waals surface area contributed by atoms with Crippen LogP contribution in [0.4, 0.5) is 4.39 Å². The van der Waals surface area contributed by atoms with Gasteiger partial charge in [-0.25, -0.2) is 4.39 Å². The van der Waals surface area contributed by atoms with Crippen LogP contribution in [0.2, 0.25) is 0 Å². The van der Waals surface area contributed by atoms with E-state index in [9.17, 15) is 13.4 Å². The van der Waals surface area contributed by atoms with Crippen molar-refractivity contribution in [1.82, 2.24) is 0 Å². The second-order valence-electron chi connectivity index (χ2n) is 3.20. The molecule has 0 spiro atoms. The van der Waals surface area contributed by atoms with E-state index in [0.29, 0.717) is 17.9 Å². The Kier molecular flexibility index (Phi) is 2.81. The van der Waals surface area contributed by atoms with Crippen LogP contribution in [-0.2, 0) is 20.3 Å². The Balaban J connectivity index is 2.20. The predicted octanol–water partition coefficient (Wildman–Crippen LogP) is 1.25. The lowest BCUT2D eigenvalue weighted by molar-refractivity contribution is -0.137. The van der Waals surface area contributed by atoms with Crippen molar-refractivity contribution in [2.24, 2.45) is 0 Å². The first-order chi connectivity index (χ1) is 7.18. The summed E-state index contributed by atoms with van der Waals surface area (Å²) >= 11 is 0. The number of carbonyl (C=O) groups is 1. The summed E-state index contributed by atoms with van der Waals surface area (Å²) in [6.45, 7) is 0.316. The lowest BCUT2D eigenvalue weighted by Gasteiger charge is -2.05. The first kappa shape index (κ1) is 10.3. The third-order valence-corrected chi connectivity index (χ3v) is 3.87. The zero-order chi connectivity index (χ0) is 10.8. The Bertz CT molecular complexity index is 402. The molecule has 1 heterocycles. The second-order valence-corrected chi connectivity index (χ2v) is 4.83. The molecule has 1 aliphatic heterocycles. The van der Waals surface area contributed by atoms with Crippen LogP contribution in [0, 0.1) is 5.82 Å². The van der Waals surface area contributed by atoms with E-state index in [4.69, 9.17) is 4.74 Å². The van der Waals surface area contributed by atoms with Gasteiger partial charge >= 0.3 is 5.97 Å². The maximum Gasteiger partial charge on any atom is 0.322 e. The highest BCUT2D eigenvalue weighted by Crippen LogP contribution is 2.19. The molecule has 5 heteroatoms. The Morgan fingerprint density at radius 3 is 2.53 bits per heavy atom. The van der Waals surface area contributed by atoms with Crippen LogP contribution in [0.1, 0.15) is 6.42 Å². The van der Waals surface area contributed by atoms with Gasteiger partial charge in [-0.05, 0) is 24.3 Å². The molecule has 2 unspecified atom stereocenters. The zero-order valence-electron chi connectivity index (χ0n) is 7.81. The minimum absolute atomic E-state index is 0.316. The summed E-state index contributed by atoms with van der Waals surface area (Å²) in [6, 6.07) is 5.31. The fraction of sp³-hybridized carbons (Fsp3) is 0.300. The highest BCUT2D eigenvalue weighted by atomic mass is 32.2. The molecule has 2 rings (SSSR count). The Morgan fingerprint density at radius 1 is 1.33 bits per heavy atom. The number of benzene rings is 1. The van der Waals surface area contributed by atoms with Crippen molar-refractivity contribution in [2.75, 3.05) is 6.61 Å². The van der Waals surface area contributed by atoms with Gasteiger partial charge in [-0.1, -0.05) is 0 Å². The molecule has 3 nitrogen and oxygen atoms in total. The number of ether oxygens (including phenoxy) is 1. The van der Waals surface area contributed by atoms with E-state index in [1.165, 1.54) is 24.3 Å². The zero-order valence-corrected chi connectivity index (χ0v) is 8.63. The Morgan fingerprint density at radius 2 is 2.00 bits per heavy atom. The topological polar surface area (TPSA) is 43.4 Å². The number of cyclic esters (lactones) is 1. The van der Waals surface area contributed by atoms with Gasteiger partial charge in [-0.15, -0.1) is 0 Å². The molecule has 0 N–H and O–H groups in total. The minimum Gasteiger partial charge on any atom is -0.465 e. The van der Waals surface area contributed by atoms with E-state index in [-0.39, 0.29) is 5.82 Å². The van der Waals surface area contributed by atoms with Gasteiger partial charge in [0.2, 0.25) is 0 Å². The normalized spacial score (nSPS) is 22.5. The first-order valence-corrected chi connectivity index (χ1v) is 5.72. The number of esters is 1. The quantitative estimate of drug-likeness (QED) is 0.715. The summed E-state index contributed by atoms with van der Waals surface area (Å²) in [6.07, 6.45) is 0.461. The number of carbonyl (C=O) groups excluding carboxylic acids is 1. The standard InChI is InChI=1S/C10H9FO3S/c11-7-1-3-8(4-2-7)15(13)9-5-6-14-10(9)12/h1-4,9H,5-6H2. The van der Waals surface area contributed by atoms with E-state index in [1.54, 1.807) is 0 Å².